The van der Waals surface area contributed by atoms with Crippen molar-refractivity contribution in [3.05, 3.63) is 78.0 Å². The lowest BCUT2D eigenvalue weighted by Crippen LogP contribution is -2.36. The van der Waals surface area contributed by atoms with E-state index in [1.54, 1.807) is 25.1 Å². The predicted molar refractivity (Wildman–Crippen MR) is 121 cm³/mol. The fraction of sp³-hybridized carbons (Fsp3) is 0.0833. The first-order valence-electron chi connectivity index (χ1n) is 9.78. The van der Waals surface area contributed by atoms with Crippen molar-refractivity contribution in [2.45, 2.75) is 6.92 Å². The number of phenols is 1. The minimum absolute atomic E-state index is 0.0142. The number of carbonyl (C=O) groups is 2. The maximum absolute atomic E-state index is 12.5. The van der Waals surface area contributed by atoms with E-state index < -0.39 is 11.8 Å². The van der Waals surface area contributed by atoms with Gasteiger partial charge in [-0.1, -0.05) is 24.3 Å². The second kappa shape index (κ2) is 8.73. The third-order valence-corrected chi connectivity index (χ3v) is 4.79. The van der Waals surface area contributed by atoms with Crippen molar-refractivity contribution in [2.75, 3.05) is 12.4 Å². The molecule has 0 saturated heterocycles. The number of carbonyl (C=O) groups excluding carboxylic acids is 2. The number of benzene rings is 3. The quantitative estimate of drug-likeness (QED) is 0.270. The first kappa shape index (κ1) is 20.8. The Labute approximate surface area is 183 Å². The number of ether oxygens (including phenoxy) is 1. The smallest absolute Gasteiger partial charge is 0.269 e. The van der Waals surface area contributed by atoms with Gasteiger partial charge in [0.05, 0.1) is 12.8 Å². The molecular weight excluding hydrogens is 410 g/mol. The maximum Gasteiger partial charge on any atom is 0.269 e. The van der Waals surface area contributed by atoms with Crippen LogP contribution in [-0.4, -0.2) is 24.0 Å². The number of amides is 2. The monoisotopic (exact) mass is 431 g/mol. The zero-order chi connectivity index (χ0) is 22.7. The van der Waals surface area contributed by atoms with Crippen LogP contribution in [0.15, 0.2) is 76.9 Å². The van der Waals surface area contributed by atoms with E-state index in [0.717, 1.165) is 16.4 Å². The molecule has 0 aliphatic carbocycles. The van der Waals surface area contributed by atoms with Crippen LogP contribution in [0.5, 0.6) is 11.5 Å². The zero-order valence-electron chi connectivity index (χ0n) is 17.4. The van der Waals surface area contributed by atoms with E-state index in [1.165, 1.54) is 25.3 Å². The molecule has 2 amide bonds. The highest BCUT2D eigenvalue weighted by Crippen LogP contribution is 2.36. The molecule has 162 valence electrons. The average molecular weight is 431 g/mol. The second-order valence-corrected chi connectivity index (χ2v) is 7.09. The molecule has 8 nitrogen and oxygen atoms in total. The molecule has 1 aromatic heterocycles. The highest BCUT2D eigenvalue weighted by Gasteiger charge is 2.14. The summed E-state index contributed by atoms with van der Waals surface area (Å²) in [4.78, 5) is 24.6. The molecule has 0 aliphatic rings. The van der Waals surface area contributed by atoms with Gasteiger partial charge in [-0.05, 0) is 37.3 Å². The lowest BCUT2D eigenvalue weighted by Gasteiger charge is -2.11. The van der Waals surface area contributed by atoms with Gasteiger partial charge in [-0.3, -0.25) is 15.0 Å². The van der Waals surface area contributed by atoms with E-state index in [9.17, 15) is 14.7 Å². The molecule has 32 heavy (non-hydrogen) atoms. The van der Waals surface area contributed by atoms with E-state index in [1.807, 2.05) is 30.3 Å². The Morgan fingerprint density at radius 3 is 2.56 bits per heavy atom. The van der Waals surface area contributed by atoms with Crippen molar-refractivity contribution < 1.29 is 23.8 Å². The summed E-state index contributed by atoms with van der Waals surface area (Å²) in [6.07, 6.45) is 1.30. The van der Waals surface area contributed by atoms with Crippen LogP contribution in [0.1, 0.15) is 17.3 Å². The molecule has 4 N–H and O–H groups in total. The van der Waals surface area contributed by atoms with Crippen molar-refractivity contribution in [3.63, 3.8) is 0 Å². The standard InChI is InChI=1S/C24H21N3O5/c1-14(26-27-24(30)15-6-5-7-16(28)11-15)10-23(29)25-19-13-21-18(12-22(19)31-2)17-8-3-4-9-20(17)32-21/h3-13,26,28H,1-2H3,(H,25,29)(H,27,30)/b14-10-. The number of allylic oxidation sites excluding steroid dienone is 1. The Morgan fingerprint density at radius 1 is 0.969 bits per heavy atom. The number of anilines is 1. The Hall–Kier alpha value is -4.46. The molecule has 1 heterocycles. The van der Waals surface area contributed by atoms with E-state index in [4.69, 9.17) is 9.15 Å². The molecule has 0 saturated carbocycles. The minimum atomic E-state index is -0.453. The number of phenolic OH excluding ortho intramolecular Hbond substituents is 1. The molecule has 4 rings (SSSR count). The number of hydrogen-bond acceptors (Lipinski definition) is 6. The molecule has 0 spiro atoms. The average Bonchev–Trinajstić information content (AvgIpc) is 3.14. The van der Waals surface area contributed by atoms with Gasteiger partial charge in [0.15, 0.2) is 0 Å². The summed E-state index contributed by atoms with van der Waals surface area (Å²) >= 11 is 0. The molecule has 0 fully saturated rings. The van der Waals surface area contributed by atoms with Crippen LogP contribution in [0.4, 0.5) is 5.69 Å². The molecule has 4 aromatic rings. The van der Waals surface area contributed by atoms with Crippen LogP contribution in [0.3, 0.4) is 0 Å². The van der Waals surface area contributed by atoms with Gasteiger partial charge < -0.3 is 25.0 Å². The number of fused-ring (bicyclic) bond motifs is 3. The number of aromatic hydroxyl groups is 1. The van der Waals surface area contributed by atoms with Gasteiger partial charge in [-0.15, -0.1) is 0 Å². The fourth-order valence-electron chi connectivity index (χ4n) is 3.29. The first-order valence-corrected chi connectivity index (χ1v) is 9.78. The third-order valence-electron chi connectivity index (χ3n) is 4.79. The van der Waals surface area contributed by atoms with Crippen molar-refractivity contribution in [3.8, 4) is 11.5 Å². The lowest BCUT2D eigenvalue weighted by atomic mass is 10.1. The van der Waals surface area contributed by atoms with E-state index in [0.29, 0.717) is 22.7 Å². The van der Waals surface area contributed by atoms with Crippen molar-refractivity contribution >= 4 is 39.4 Å². The molecule has 0 atom stereocenters. The third kappa shape index (κ3) is 4.34. The van der Waals surface area contributed by atoms with Gasteiger partial charge in [0, 0.05) is 34.2 Å². The van der Waals surface area contributed by atoms with Gasteiger partial charge in [0.2, 0.25) is 5.91 Å². The largest absolute Gasteiger partial charge is 0.508 e. The van der Waals surface area contributed by atoms with Crippen LogP contribution in [0.2, 0.25) is 0 Å². The maximum atomic E-state index is 12.5. The summed E-state index contributed by atoms with van der Waals surface area (Å²) in [5.41, 5.74) is 7.64. The number of nitrogens with one attached hydrogen (secondary N) is 3. The number of hydrogen-bond donors (Lipinski definition) is 4. The predicted octanol–water partition coefficient (Wildman–Crippen LogP) is 4.08. The summed E-state index contributed by atoms with van der Waals surface area (Å²) in [5, 5.41) is 14.1. The van der Waals surface area contributed by atoms with Crippen molar-refractivity contribution in [1.82, 2.24) is 10.9 Å². The number of hydrazine groups is 1. The minimum Gasteiger partial charge on any atom is -0.508 e. The Balaban J connectivity index is 1.47. The van der Waals surface area contributed by atoms with Gasteiger partial charge in [-0.2, -0.15) is 0 Å². The number of methoxy groups -OCH3 is 1. The van der Waals surface area contributed by atoms with Crippen molar-refractivity contribution in [2.24, 2.45) is 0 Å². The summed E-state index contributed by atoms with van der Waals surface area (Å²) in [6.45, 7) is 1.63. The fourth-order valence-corrected chi connectivity index (χ4v) is 3.29. The highest BCUT2D eigenvalue weighted by atomic mass is 16.5. The Morgan fingerprint density at radius 2 is 1.78 bits per heavy atom. The summed E-state index contributed by atoms with van der Waals surface area (Å²) in [7, 11) is 1.53. The van der Waals surface area contributed by atoms with Crippen LogP contribution >= 0.6 is 0 Å². The molecule has 0 unspecified atom stereocenters. The number of furan rings is 1. The molecule has 3 aromatic carbocycles. The van der Waals surface area contributed by atoms with Crippen LogP contribution in [0, 0.1) is 0 Å². The summed E-state index contributed by atoms with van der Waals surface area (Å²) in [5.74, 6) is -0.394. The Bertz CT molecular complexity index is 1360. The second-order valence-electron chi connectivity index (χ2n) is 7.09. The van der Waals surface area contributed by atoms with Gasteiger partial charge in [0.1, 0.15) is 22.7 Å². The van der Waals surface area contributed by atoms with E-state index in [2.05, 4.69) is 16.2 Å². The van der Waals surface area contributed by atoms with E-state index >= 15 is 0 Å². The van der Waals surface area contributed by atoms with Crippen LogP contribution in [-0.2, 0) is 4.79 Å². The molecule has 0 aliphatic heterocycles. The molecular formula is C24H21N3O5. The van der Waals surface area contributed by atoms with E-state index in [-0.39, 0.29) is 11.3 Å². The molecule has 8 heteroatoms. The van der Waals surface area contributed by atoms with Crippen LogP contribution < -0.4 is 20.9 Å². The lowest BCUT2D eigenvalue weighted by molar-refractivity contribution is -0.112. The van der Waals surface area contributed by atoms with Gasteiger partial charge in [0.25, 0.3) is 5.91 Å². The molecule has 0 radical (unpaired) electrons. The van der Waals surface area contributed by atoms with Gasteiger partial charge in [-0.25, -0.2) is 0 Å². The first-order chi connectivity index (χ1) is 15.4. The zero-order valence-corrected chi connectivity index (χ0v) is 17.4. The van der Waals surface area contributed by atoms with Crippen molar-refractivity contribution in [1.29, 1.82) is 0 Å². The number of rotatable bonds is 6. The summed E-state index contributed by atoms with van der Waals surface area (Å²) < 4.78 is 11.3. The highest BCUT2D eigenvalue weighted by molar-refractivity contribution is 6.08. The topological polar surface area (TPSA) is 113 Å². The Kier molecular flexibility index (Phi) is 5.67. The normalized spacial score (nSPS) is 11.4. The SMILES string of the molecule is COc1cc2c(cc1NC(=O)/C=C(/C)NNC(=O)c1cccc(O)c1)oc1ccccc12. The van der Waals surface area contributed by atoms with Gasteiger partial charge >= 0.3 is 0 Å². The molecule has 0 bridgehead atoms. The van der Waals surface area contributed by atoms with Crippen LogP contribution in [0.25, 0.3) is 21.9 Å². The summed E-state index contributed by atoms with van der Waals surface area (Å²) in [6, 6.07) is 17.1. The number of para-hydroxylation sites is 1.